The lowest BCUT2D eigenvalue weighted by atomic mass is 9.97. The maximum Gasteiger partial charge on any atom is 0.241 e. The van der Waals surface area contributed by atoms with E-state index < -0.39 is 0 Å². The largest absolute Gasteiger partial charge is 0.325 e. The van der Waals surface area contributed by atoms with E-state index in [2.05, 4.69) is 31.0 Å². The highest BCUT2D eigenvalue weighted by molar-refractivity contribution is 5.84. The molecule has 2 aliphatic rings. The topological polar surface area (TPSA) is 32.3 Å². The van der Waals surface area contributed by atoms with Crippen molar-refractivity contribution in [3.63, 3.8) is 0 Å². The third-order valence-electron chi connectivity index (χ3n) is 5.54. The number of amides is 1. The van der Waals surface area contributed by atoms with Gasteiger partial charge < -0.3 is 4.90 Å². The molecule has 3 heteroatoms. The Hall–Kier alpha value is -0.570. The molecule has 0 spiro atoms. The number of unbranched alkanes of at least 4 members (excludes halogenated alkanes) is 1. The van der Waals surface area contributed by atoms with Crippen LogP contribution in [0, 0.1) is 11.8 Å². The number of hydrogen-bond acceptors (Lipinski definition) is 2. The van der Waals surface area contributed by atoms with Crippen molar-refractivity contribution in [3.05, 3.63) is 0 Å². The molecule has 1 aliphatic heterocycles. The van der Waals surface area contributed by atoms with Crippen LogP contribution in [0.3, 0.4) is 0 Å². The van der Waals surface area contributed by atoms with Gasteiger partial charge in [0.25, 0.3) is 0 Å². The van der Waals surface area contributed by atoms with Crippen LogP contribution in [-0.4, -0.2) is 29.6 Å². The van der Waals surface area contributed by atoms with E-state index >= 15 is 0 Å². The van der Waals surface area contributed by atoms with Crippen molar-refractivity contribution < 1.29 is 4.79 Å². The van der Waals surface area contributed by atoms with Gasteiger partial charge in [0, 0.05) is 6.54 Å². The smallest absolute Gasteiger partial charge is 0.241 e. The number of nitrogens with one attached hydrogen (secondary N) is 1. The molecule has 1 N–H and O–H groups in total. The van der Waals surface area contributed by atoms with Gasteiger partial charge in [-0.25, -0.2) is 0 Å². The SMILES string of the molecule is CCCCC(CC)CN1C(=O)C(CC)NC1C1CCCC1. The summed E-state index contributed by atoms with van der Waals surface area (Å²) in [5, 5.41) is 3.64. The molecule has 0 bridgehead atoms. The van der Waals surface area contributed by atoms with Gasteiger partial charge >= 0.3 is 0 Å². The van der Waals surface area contributed by atoms with E-state index in [1.54, 1.807) is 0 Å². The summed E-state index contributed by atoms with van der Waals surface area (Å²) in [7, 11) is 0. The number of carbonyl (C=O) groups is 1. The molecule has 3 atom stereocenters. The van der Waals surface area contributed by atoms with Gasteiger partial charge in [0.05, 0.1) is 12.2 Å². The van der Waals surface area contributed by atoms with Crippen molar-refractivity contribution in [2.24, 2.45) is 11.8 Å². The second-order valence-electron chi connectivity index (χ2n) is 7.02. The Kier molecular flexibility index (Phi) is 6.53. The summed E-state index contributed by atoms with van der Waals surface area (Å²) < 4.78 is 0. The van der Waals surface area contributed by atoms with Crippen LogP contribution in [0.2, 0.25) is 0 Å². The zero-order valence-electron chi connectivity index (χ0n) is 14.2. The quantitative estimate of drug-likeness (QED) is 0.735. The van der Waals surface area contributed by atoms with Crippen molar-refractivity contribution in [1.29, 1.82) is 0 Å². The molecule has 3 nitrogen and oxygen atoms in total. The molecule has 1 heterocycles. The van der Waals surface area contributed by atoms with Crippen molar-refractivity contribution in [2.45, 2.75) is 90.8 Å². The van der Waals surface area contributed by atoms with Crippen LogP contribution in [0.4, 0.5) is 0 Å². The minimum atomic E-state index is 0.0688. The Morgan fingerprint density at radius 3 is 2.52 bits per heavy atom. The van der Waals surface area contributed by atoms with Gasteiger partial charge in [-0.05, 0) is 37.5 Å². The van der Waals surface area contributed by atoms with Gasteiger partial charge in [-0.1, -0.05) is 52.9 Å². The molecule has 0 aromatic rings. The third kappa shape index (κ3) is 4.00. The summed E-state index contributed by atoms with van der Waals surface area (Å²) in [6.07, 6.45) is 11.5. The molecule has 1 saturated heterocycles. The number of nitrogens with zero attached hydrogens (tertiary/aromatic N) is 1. The Bertz CT molecular complexity index is 325. The molecule has 1 amide bonds. The van der Waals surface area contributed by atoms with E-state index in [9.17, 15) is 4.79 Å². The fourth-order valence-electron chi connectivity index (χ4n) is 4.06. The summed E-state index contributed by atoms with van der Waals surface area (Å²) in [5.41, 5.74) is 0. The fourth-order valence-corrected chi connectivity index (χ4v) is 4.06. The van der Waals surface area contributed by atoms with Crippen LogP contribution in [0.15, 0.2) is 0 Å². The maximum atomic E-state index is 12.7. The number of rotatable bonds is 8. The Morgan fingerprint density at radius 2 is 1.95 bits per heavy atom. The Morgan fingerprint density at radius 1 is 1.24 bits per heavy atom. The molecule has 3 unspecified atom stereocenters. The average Bonchev–Trinajstić information content (AvgIpc) is 3.12. The highest BCUT2D eigenvalue weighted by Gasteiger charge is 2.42. The predicted molar refractivity (Wildman–Crippen MR) is 88.0 cm³/mol. The van der Waals surface area contributed by atoms with E-state index in [0.717, 1.165) is 13.0 Å². The van der Waals surface area contributed by atoms with Crippen molar-refractivity contribution in [2.75, 3.05) is 6.54 Å². The lowest BCUT2D eigenvalue weighted by molar-refractivity contribution is -0.131. The Labute approximate surface area is 130 Å². The van der Waals surface area contributed by atoms with Crippen LogP contribution >= 0.6 is 0 Å². The molecule has 0 aromatic heterocycles. The molecule has 0 radical (unpaired) electrons. The maximum absolute atomic E-state index is 12.7. The minimum Gasteiger partial charge on any atom is -0.325 e. The van der Waals surface area contributed by atoms with E-state index in [1.807, 2.05) is 0 Å². The molecule has 1 saturated carbocycles. The highest BCUT2D eigenvalue weighted by Crippen LogP contribution is 2.33. The molecule has 2 fully saturated rings. The molecule has 21 heavy (non-hydrogen) atoms. The van der Waals surface area contributed by atoms with Crippen LogP contribution in [-0.2, 0) is 4.79 Å². The second kappa shape index (κ2) is 8.17. The molecule has 1 aliphatic carbocycles. The normalized spacial score (nSPS) is 28.5. The van der Waals surface area contributed by atoms with Gasteiger partial charge in [0.2, 0.25) is 5.91 Å². The first-order valence-electron chi connectivity index (χ1n) is 9.27. The summed E-state index contributed by atoms with van der Waals surface area (Å²) in [6.45, 7) is 7.62. The molecule has 0 aromatic carbocycles. The highest BCUT2D eigenvalue weighted by atomic mass is 16.2. The first kappa shape index (κ1) is 16.8. The van der Waals surface area contributed by atoms with Gasteiger partial charge in [-0.2, -0.15) is 0 Å². The van der Waals surface area contributed by atoms with Crippen LogP contribution in [0.5, 0.6) is 0 Å². The van der Waals surface area contributed by atoms with Crippen LogP contribution in [0.1, 0.15) is 78.6 Å². The van der Waals surface area contributed by atoms with E-state index in [0.29, 0.717) is 23.9 Å². The van der Waals surface area contributed by atoms with Crippen LogP contribution in [0.25, 0.3) is 0 Å². The van der Waals surface area contributed by atoms with Crippen LogP contribution < -0.4 is 5.32 Å². The monoisotopic (exact) mass is 294 g/mol. The lowest BCUT2D eigenvalue weighted by Gasteiger charge is -2.32. The Balaban J connectivity index is 2.02. The molecular formula is C18H34N2O. The van der Waals surface area contributed by atoms with Gasteiger partial charge in [0.1, 0.15) is 0 Å². The molecule has 2 rings (SSSR count). The summed E-state index contributed by atoms with van der Waals surface area (Å²) >= 11 is 0. The minimum absolute atomic E-state index is 0.0688. The average molecular weight is 294 g/mol. The number of hydrogen-bond donors (Lipinski definition) is 1. The first-order chi connectivity index (χ1) is 10.2. The summed E-state index contributed by atoms with van der Waals surface area (Å²) in [4.78, 5) is 14.9. The molecular weight excluding hydrogens is 260 g/mol. The summed E-state index contributed by atoms with van der Waals surface area (Å²) in [6, 6.07) is 0.0688. The van der Waals surface area contributed by atoms with Crippen molar-refractivity contribution in [3.8, 4) is 0 Å². The summed E-state index contributed by atoms with van der Waals surface area (Å²) in [5.74, 6) is 1.73. The zero-order valence-corrected chi connectivity index (χ0v) is 14.2. The van der Waals surface area contributed by atoms with Gasteiger partial charge in [0.15, 0.2) is 0 Å². The van der Waals surface area contributed by atoms with Crippen molar-refractivity contribution >= 4 is 5.91 Å². The van der Waals surface area contributed by atoms with Gasteiger partial charge in [-0.15, -0.1) is 0 Å². The third-order valence-corrected chi connectivity index (χ3v) is 5.54. The second-order valence-corrected chi connectivity index (χ2v) is 7.02. The van der Waals surface area contributed by atoms with Gasteiger partial charge in [-0.3, -0.25) is 10.1 Å². The first-order valence-corrected chi connectivity index (χ1v) is 9.27. The van der Waals surface area contributed by atoms with E-state index in [1.165, 1.54) is 51.4 Å². The lowest BCUT2D eigenvalue weighted by Crippen LogP contribution is -2.44. The van der Waals surface area contributed by atoms with E-state index in [4.69, 9.17) is 0 Å². The number of carbonyl (C=O) groups excluding carboxylic acids is 1. The standard InChI is InChI=1S/C18H34N2O/c1-4-7-10-14(5-2)13-20-17(15-11-8-9-12-15)19-16(6-3)18(20)21/h14-17,19H,4-13H2,1-3H3. The van der Waals surface area contributed by atoms with E-state index in [-0.39, 0.29) is 6.04 Å². The van der Waals surface area contributed by atoms with Crippen molar-refractivity contribution in [1.82, 2.24) is 10.2 Å². The predicted octanol–water partition coefficient (Wildman–Crippen LogP) is 3.93. The zero-order chi connectivity index (χ0) is 15.2. The fraction of sp³-hybridized carbons (Fsp3) is 0.944. The molecule has 122 valence electrons.